The highest BCUT2D eigenvalue weighted by Gasteiger charge is 2.53. The molecule has 0 saturated carbocycles. The second-order valence-electron chi connectivity index (χ2n) is 4.83. The maximum absolute atomic E-state index is 12.6. The highest BCUT2D eigenvalue weighted by Crippen LogP contribution is 2.55. The number of amides is 1. The average molecular weight is 287 g/mol. The summed E-state index contributed by atoms with van der Waals surface area (Å²) in [6, 6.07) is 12.3. The van der Waals surface area contributed by atoms with Gasteiger partial charge in [-0.1, -0.05) is 24.3 Å². The Morgan fingerprint density at radius 2 is 2.05 bits per heavy atom. The average Bonchev–Trinajstić information content (AvgIpc) is 3.07. The molecule has 2 aliphatic rings. The number of benzene rings is 1. The first-order valence-electron chi connectivity index (χ1n) is 6.43. The van der Waals surface area contributed by atoms with Crippen LogP contribution in [-0.4, -0.2) is 23.1 Å². The third-order valence-electron chi connectivity index (χ3n) is 3.84. The molecule has 1 aromatic heterocycles. The number of thioether (sulfide) groups is 1. The van der Waals surface area contributed by atoms with E-state index in [9.17, 15) is 4.79 Å². The van der Waals surface area contributed by atoms with Gasteiger partial charge in [0.2, 0.25) is 0 Å². The number of hydrogen-bond donors (Lipinski definition) is 0. The second kappa shape index (κ2) is 4.12. The molecule has 1 saturated heterocycles. The second-order valence-corrected chi connectivity index (χ2v) is 7.06. The van der Waals surface area contributed by atoms with Crippen molar-refractivity contribution >= 4 is 29.0 Å². The molecule has 1 aromatic carbocycles. The van der Waals surface area contributed by atoms with Crippen LogP contribution in [0.25, 0.3) is 0 Å². The van der Waals surface area contributed by atoms with Crippen molar-refractivity contribution in [1.82, 2.24) is 4.90 Å². The Kier molecular flexibility index (Phi) is 2.50. The molecule has 19 heavy (non-hydrogen) atoms. The van der Waals surface area contributed by atoms with Crippen LogP contribution >= 0.6 is 23.1 Å². The summed E-state index contributed by atoms with van der Waals surface area (Å²) in [6.45, 7) is 0.860. The maximum atomic E-state index is 12.6. The fourth-order valence-corrected chi connectivity index (χ4v) is 5.67. The van der Waals surface area contributed by atoms with Crippen molar-refractivity contribution in [3.8, 4) is 0 Å². The van der Waals surface area contributed by atoms with E-state index in [0.29, 0.717) is 0 Å². The molecule has 1 unspecified atom stereocenters. The highest BCUT2D eigenvalue weighted by molar-refractivity contribution is 8.00. The Hall–Kier alpha value is -1.26. The standard InChI is InChI=1S/C15H13NOS2/c17-14-11-5-1-2-6-12(11)15(13-7-3-9-18-13)16(14)8-4-10-19-15/h1-3,5-7,9H,4,8,10H2. The van der Waals surface area contributed by atoms with Crippen molar-refractivity contribution in [3.63, 3.8) is 0 Å². The summed E-state index contributed by atoms with van der Waals surface area (Å²) < 4.78 is 0. The fraction of sp³-hybridized carbons (Fsp3) is 0.267. The molecule has 1 amide bonds. The van der Waals surface area contributed by atoms with Crippen LogP contribution in [-0.2, 0) is 4.87 Å². The molecule has 0 N–H and O–H groups in total. The minimum absolute atomic E-state index is 0.191. The number of nitrogens with zero attached hydrogens (tertiary/aromatic N) is 1. The number of hydrogen-bond acceptors (Lipinski definition) is 3. The SMILES string of the molecule is O=C1c2ccccc2C2(c3cccs3)SCCCN12. The molecule has 1 atom stereocenters. The monoisotopic (exact) mass is 287 g/mol. The number of carbonyl (C=O) groups excluding carboxylic acids is 1. The van der Waals surface area contributed by atoms with Gasteiger partial charge in [-0.25, -0.2) is 0 Å². The van der Waals surface area contributed by atoms with Gasteiger partial charge < -0.3 is 4.90 Å². The molecule has 4 heteroatoms. The van der Waals surface area contributed by atoms with Gasteiger partial charge in [0.15, 0.2) is 4.87 Å². The molecule has 0 radical (unpaired) electrons. The van der Waals surface area contributed by atoms with Crippen LogP contribution in [0.5, 0.6) is 0 Å². The van der Waals surface area contributed by atoms with Gasteiger partial charge in [-0.2, -0.15) is 0 Å². The van der Waals surface area contributed by atoms with E-state index in [0.717, 1.165) is 24.3 Å². The molecular formula is C15H13NOS2. The first-order valence-corrected chi connectivity index (χ1v) is 8.30. The zero-order chi connectivity index (χ0) is 12.9. The third kappa shape index (κ3) is 1.41. The van der Waals surface area contributed by atoms with Crippen molar-refractivity contribution in [2.75, 3.05) is 12.3 Å². The molecule has 0 aliphatic carbocycles. The van der Waals surface area contributed by atoms with E-state index in [1.54, 1.807) is 11.3 Å². The van der Waals surface area contributed by atoms with Crippen LogP contribution in [0.3, 0.4) is 0 Å². The van der Waals surface area contributed by atoms with E-state index >= 15 is 0 Å². The van der Waals surface area contributed by atoms with Gasteiger partial charge in [0.25, 0.3) is 5.91 Å². The smallest absolute Gasteiger partial charge is 0.255 e. The van der Waals surface area contributed by atoms with Crippen molar-refractivity contribution in [1.29, 1.82) is 0 Å². The van der Waals surface area contributed by atoms with Crippen molar-refractivity contribution in [2.24, 2.45) is 0 Å². The Bertz CT molecular complexity index is 637. The summed E-state index contributed by atoms with van der Waals surface area (Å²) in [5, 5.41) is 2.10. The minimum Gasteiger partial charge on any atom is -0.315 e. The van der Waals surface area contributed by atoms with Crippen LogP contribution in [0, 0.1) is 0 Å². The summed E-state index contributed by atoms with van der Waals surface area (Å²) >= 11 is 3.65. The van der Waals surface area contributed by atoms with Gasteiger partial charge in [-0.3, -0.25) is 4.79 Å². The van der Waals surface area contributed by atoms with Crippen LogP contribution in [0.4, 0.5) is 0 Å². The molecule has 2 aliphatic heterocycles. The number of carbonyl (C=O) groups is 1. The molecule has 1 fully saturated rings. The van der Waals surface area contributed by atoms with Gasteiger partial charge in [-0.15, -0.1) is 23.1 Å². The predicted molar refractivity (Wildman–Crippen MR) is 79.7 cm³/mol. The quantitative estimate of drug-likeness (QED) is 0.799. The Morgan fingerprint density at radius 3 is 2.89 bits per heavy atom. The zero-order valence-corrected chi connectivity index (χ0v) is 12.0. The van der Waals surface area contributed by atoms with E-state index in [4.69, 9.17) is 0 Å². The molecule has 0 bridgehead atoms. The van der Waals surface area contributed by atoms with E-state index in [1.807, 2.05) is 30.0 Å². The van der Waals surface area contributed by atoms with E-state index < -0.39 is 0 Å². The minimum atomic E-state index is -0.264. The largest absolute Gasteiger partial charge is 0.315 e. The van der Waals surface area contributed by atoms with Gasteiger partial charge in [0, 0.05) is 22.5 Å². The van der Waals surface area contributed by atoms with Crippen LogP contribution in [0.2, 0.25) is 0 Å². The van der Waals surface area contributed by atoms with E-state index in [-0.39, 0.29) is 10.8 Å². The topological polar surface area (TPSA) is 20.3 Å². The Morgan fingerprint density at radius 1 is 1.16 bits per heavy atom. The van der Waals surface area contributed by atoms with Crippen LogP contribution in [0.15, 0.2) is 41.8 Å². The zero-order valence-electron chi connectivity index (χ0n) is 10.3. The predicted octanol–water partition coefficient (Wildman–Crippen LogP) is 3.54. The van der Waals surface area contributed by atoms with Gasteiger partial charge in [0.1, 0.15) is 0 Å². The first-order chi connectivity index (χ1) is 9.34. The van der Waals surface area contributed by atoms with Gasteiger partial charge in [0.05, 0.1) is 0 Å². The van der Waals surface area contributed by atoms with E-state index in [1.165, 1.54) is 10.4 Å². The molecule has 0 spiro atoms. The molecule has 3 heterocycles. The van der Waals surface area contributed by atoms with Crippen molar-refractivity contribution in [2.45, 2.75) is 11.3 Å². The van der Waals surface area contributed by atoms with Crippen LogP contribution in [0.1, 0.15) is 27.2 Å². The molecule has 4 rings (SSSR count). The van der Waals surface area contributed by atoms with Gasteiger partial charge in [-0.05, 0) is 29.7 Å². The fourth-order valence-electron chi connectivity index (χ4n) is 3.06. The molecule has 96 valence electrons. The first kappa shape index (κ1) is 11.6. The third-order valence-corrected chi connectivity index (χ3v) is 6.52. The highest BCUT2D eigenvalue weighted by atomic mass is 32.2. The Labute approximate surface area is 120 Å². The number of thiophene rings is 1. The molecule has 2 aromatic rings. The summed E-state index contributed by atoms with van der Waals surface area (Å²) in [7, 11) is 0. The number of rotatable bonds is 1. The van der Waals surface area contributed by atoms with E-state index in [2.05, 4.69) is 28.5 Å². The lowest BCUT2D eigenvalue weighted by Gasteiger charge is -2.41. The lowest BCUT2D eigenvalue weighted by atomic mass is 10.0. The lowest BCUT2D eigenvalue weighted by molar-refractivity contribution is 0.0719. The lowest BCUT2D eigenvalue weighted by Crippen LogP contribution is -2.45. The molecule has 2 nitrogen and oxygen atoms in total. The van der Waals surface area contributed by atoms with Crippen molar-refractivity contribution in [3.05, 3.63) is 57.8 Å². The molecular weight excluding hydrogens is 274 g/mol. The van der Waals surface area contributed by atoms with Gasteiger partial charge >= 0.3 is 0 Å². The number of fused-ring (bicyclic) bond motifs is 3. The summed E-state index contributed by atoms with van der Waals surface area (Å²) in [5.74, 6) is 1.30. The maximum Gasteiger partial charge on any atom is 0.255 e. The normalized spacial score (nSPS) is 25.3. The summed E-state index contributed by atoms with van der Waals surface area (Å²) in [6.07, 6.45) is 1.08. The Balaban J connectivity index is 2.01. The van der Waals surface area contributed by atoms with Crippen LogP contribution < -0.4 is 0 Å². The van der Waals surface area contributed by atoms with Crippen molar-refractivity contribution < 1.29 is 4.79 Å². The summed E-state index contributed by atoms with van der Waals surface area (Å²) in [4.78, 5) is 15.7. The summed E-state index contributed by atoms with van der Waals surface area (Å²) in [5.41, 5.74) is 2.05.